The van der Waals surface area contributed by atoms with E-state index >= 15 is 0 Å². The number of fused-ring (bicyclic) bond motifs is 2. The average Bonchev–Trinajstić information content (AvgIpc) is 3.85. The first kappa shape index (κ1) is 49.8. The topological polar surface area (TPSA) is 198 Å². The van der Waals surface area contributed by atoms with Crippen molar-refractivity contribution in [1.29, 1.82) is 0 Å². The minimum Gasteiger partial charge on any atom is -0.744 e. The van der Waals surface area contributed by atoms with Crippen LogP contribution < -0.4 is 14.4 Å². The third-order valence-electron chi connectivity index (χ3n) is 13.3. The van der Waals surface area contributed by atoms with Crippen molar-refractivity contribution < 1.29 is 45.7 Å². The van der Waals surface area contributed by atoms with Gasteiger partial charge in [0.25, 0.3) is 0 Å². The Kier molecular flexibility index (Phi) is 14.8. The molecule has 68 heavy (non-hydrogen) atoms. The Balaban J connectivity index is 1.38. The van der Waals surface area contributed by atoms with Gasteiger partial charge in [-0.25, -0.2) is 16.8 Å². The molecule has 1 saturated carbocycles. The van der Waals surface area contributed by atoms with E-state index < -0.39 is 43.0 Å². The maximum absolute atomic E-state index is 12.2. The molecule has 0 spiro atoms. The van der Waals surface area contributed by atoms with Crippen molar-refractivity contribution in [2.45, 2.75) is 113 Å². The Labute approximate surface area is 399 Å². The number of rotatable bonds is 18. The summed E-state index contributed by atoms with van der Waals surface area (Å²) in [5.74, 6) is -1.70. The summed E-state index contributed by atoms with van der Waals surface area (Å²) in [5.41, 5.74) is 8.20. The Morgan fingerprint density at radius 1 is 0.574 bits per heavy atom. The Morgan fingerprint density at radius 2 is 0.956 bits per heavy atom. The molecular weight excluding hydrogens is 903 g/mol. The van der Waals surface area contributed by atoms with Gasteiger partial charge < -0.3 is 29.1 Å². The maximum Gasteiger partial charge on any atom is 0.303 e. The molecule has 0 atom stereocenters. The van der Waals surface area contributed by atoms with E-state index in [2.05, 4.69) is 62.9 Å². The minimum atomic E-state index is -4.73. The number of para-hydroxylation sites is 2. The molecule has 0 unspecified atom stereocenters. The van der Waals surface area contributed by atoms with Crippen LogP contribution in [0.4, 0.5) is 22.7 Å². The number of unbranched alkanes of at least 4 members (excludes halogenated alkanes) is 4. The van der Waals surface area contributed by atoms with Gasteiger partial charge in [-0.15, -0.1) is 0 Å². The summed E-state index contributed by atoms with van der Waals surface area (Å²) in [5, 5.41) is 18.5. The van der Waals surface area contributed by atoms with Crippen molar-refractivity contribution in [2.75, 3.05) is 22.9 Å². The monoisotopic (exact) mass is 960 g/mol. The van der Waals surface area contributed by atoms with Crippen molar-refractivity contribution in [2.24, 2.45) is 0 Å². The average molecular weight is 961 g/mol. The van der Waals surface area contributed by atoms with Crippen molar-refractivity contribution >= 4 is 60.6 Å². The van der Waals surface area contributed by atoms with E-state index in [1.54, 1.807) is 12.1 Å². The van der Waals surface area contributed by atoms with E-state index in [0.717, 1.165) is 51.0 Å². The van der Waals surface area contributed by atoms with Crippen LogP contribution >= 0.6 is 0 Å². The van der Waals surface area contributed by atoms with Gasteiger partial charge in [-0.2, -0.15) is 4.58 Å². The Hall–Kier alpha value is -6.13. The molecule has 1 aliphatic carbocycles. The normalized spacial score (nSPS) is 18.8. The largest absolute Gasteiger partial charge is 0.744 e. The highest BCUT2D eigenvalue weighted by Crippen LogP contribution is 2.50. The lowest BCUT2D eigenvalue weighted by molar-refractivity contribution is -0.138. The predicted molar refractivity (Wildman–Crippen MR) is 263 cm³/mol. The molecule has 13 nitrogen and oxygen atoms in total. The minimum absolute atomic E-state index is 0.0653. The molecule has 15 heteroatoms. The summed E-state index contributed by atoms with van der Waals surface area (Å²) in [6, 6.07) is 29.1. The van der Waals surface area contributed by atoms with Crippen LogP contribution in [0.25, 0.3) is 0 Å². The quantitative estimate of drug-likeness (QED) is 0.0544. The van der Waals surface area contributed by atoms with Crippen molar-refractivity contribution in [3.63, 3.8) is 0 Å². The predicted octanol–water partition coefficient (Wildman–Crippen LogP) is 10.1. The summed E-state index contributed by atoms with van der Waals surface area (Å²) < 4.78 is 75.7. The lowest BCUT2D eigenvalue weighted by Gasteiger charge is -2.27. The number of hydrogen-bond donors (Lipinski definition) is 2. The maximum atomic E-state index is 12.2. The molecule has 0 bridgehead atoms. The third kappa shape index (κ3) is 10.8. The zero-order valence-corrected chi connectivity index (χ0v) is 40.5. The first-order valence-electron chi connectivity index (χ1n) is 23.0. The van der Waals surface area contributed by atoms with Crippen LogP contribution in [0.15, 0.2) is 154 Å². The van der Waals surface area contributed by atoms with Gasteiger partial charge >= 0.3 is 11.9 Å². The number of carbonyl (C=O) groups is 2. The second-order valence-electron chi connectivity index (χ2n) is 18.6. The molecule has 1 fully saturated rings. The van der Waals surface area contributed by atoms with Gasteiger partial charge in [0, 0.05) is 94.9 Å². The molecule has 2 N–H and O–H groups in total. The van der Waals surface area contributed by atoms with E-state index in [1.807, 2.05) is 64.1 Å². The molecule has 0 saturated heterocycles. The number of carboxylic acids is 2. The van der Waals surface area contributed by atoms with Crippen LogP contribution in [-0.4, -0.2) is 66.9 Å². The summed E-state index contributed by atoms with van der Waals surface area (Å²) in [6.45, 7) is 9.11. The summed E-state index contributed by atoms with van der Waals surface area (Å²) in [4.78, 5) is 26.2. The van der Waals surface area contributed by atoms with Crippen LogP contribution in [0, 0.1) is 0 Å². The zero-order chi connectivity index (χ0) is 49.0. The number of benzene rings is 4. The van der Waals surface area contributed by atoms with Gasteiger partial charge in [-0.05, 0) is 98.2 Å². The number of carboxylic acid groups (broad SMARTS) is 2. The lowest BCUT2D eigenvalue weighted by atomic mass is 9.83. The van der Waals surface area contributed by atoms with Gasteiger partial charge in [0.05, 0.1) is 9.79 Å². The molecule has 0 amide bonds. The summed E-state index contributed by atoms with van der Waals surface area (Å²) in [7, 11) is -9.47. The van der Waals surface area contributed by atoms with Gasteiger partial charge in [0.1, 0.15) is 20.2 Å². The van der Waals surface area contributed by atoms with E-state index in [1.165, 1.54) is 24.3 Å². The highest BCUT2D eigenvalue weighted by atomic mass is 32.2. The van der Waals surface area contributed by atoms with Crippen molar-refractivity contribution in [3.05, 3.63) is 155 Å². The second-order valence-corrected chi connectivity index (χ2v) is 21.3. The SMILES string of the molecule is CC1(C)/C(=C/C=C2\CC/C(=C\C=C3/N(CCCCCC(=O)O)c4ccc(S(=O)(=O)[O-])cc4C3(C)C)C2=[N+](c2ccccc2)c2ccccc2)N(CCCCCC(=O)O)c2ccc(S(=O)(=O)[O-])cc21. The van der Waals surface area contributed by atoms with Crippen LogP contribution in [0.3, 0.4) is 0 Å². The van der Waals surface area contributed by atoms with E-state index in [9.17, 15) is 45.7 Å². The fraction of sp³-hybridized carbons (Fsp3) is 0.340. The number of nitrogens with zero attached hydrogens (tertiary/aromatic N) is 3. The highest BCUT2D eigenvalue weighted by molar-refractivity contribution is 7.86. The first-order valence-corrected chi connectivity index (χ1v) is 25.8. The molecular formula is C53H58N3O10S2-. The molecule has 358 valence electrons. The lowest BCUT2D eigenvalue weighted by Crippen LogP contribution is -2.27. The van der Waals surface area contributed by atoms with E-state index in [4.69, 9.17) is 0 Å². The molecule has 4 aromatic carbocycles. The fourth-order valence-electron chi connectivity index (χ4n) is 9.79. The molecule has 0 radical (unpaired) electrons. The molecule has 3 aliphatic rings. The fourth-order valence-corrected chi connectivity index (χ4v) is 10.8. The number of allylic oxidation sites excluding steroid dienone is 8. The zero-order valence-electron chi connectivity index (χ0n) is 38.9. The Morgan fingerprint density at radius 3 is 1.31 bits per heavy atom. The van der Waals surface area contributed by atoms with Crippen LogP contribution in [-0.2, 0) is 40.7 Å². The van der Waals surface area contributed by atoms with Crippen molar-refractivity contribution in [1.82, 2.24) is 4.58 Å². The van der Waals surface area contributed by atoms with E-state index in [0.29, 0.717) is 75.6 Å². The van der Waals surface area contributed by atoms with Gasteiger partial charge in [-0.1, -0.05) is 89.1 Å². The second kappa shape index (κ2) is 20.2. The van der Waals surface area contributed by atoms with Crippen LogP contribution in [0.1, 0.15) is 103 Å². The molecule has 0 aromatic heterocycles. The first-order chi connectivity index (χ1) is 32.2. The van der Waals surface area contributed by atoms with E-state index in [-0.39, 0.29) is 22.6 Å². The van der Waals surface area contributed by atoms with Gasteiger partial charge in [0.2, 0.25) is 17.1 Å². The molecule has 2 aliphatic heterocycles. The number of anilines is 2. The smallest absolute Gasteiger partial charge is 0.303 e. The Bertz CT molecular complexity index is 2770. The van der Waals surface area contributed by atoms with Crippen LogP contribution in [0.5, 0.6) is 0 Å². The van der Waals surface area contributed by atoms with Crippen molar-refractivity contribution in [3.8, 4) is 0 Å². The molecule has 2 heterocycles. The summed E-state index contributed by atoms with van der Waals surface area (Å²) in [6.07, 6.45) is 13.6. The summed E-state index contributed by atoms with van der Waals surface area (Å²) >= 11 is 0. The third-order valence-corrected chi connectivity index (χ3v) is 14.9. The van der Waals surface area contributed by atoms with Gasteiger partial charge in [0.15, 0.2) is 0 Å². The molecule has 4 aromatic rings. The standard InChI is InChI=1S/C53H59N3O10S2/c1-52(2)43-35-41(67(61,62)63)27-29-45(43)54(33-15-7-13-21-49(57)58)47(52)31-25-37-23-24-38(51(37)56(39-17-9-5-10-18-39)40-19-11-6-12-20-40)26-32-48-53(3,4)44-36-42(68(64,65)66)28-30-46(44)55(48)34-16-8-14-22-50(59)60/h5-6,9-12,17-20,25-32,35-36H,7-8,13-16,21-24,33-34H2,1-4H3,(H3-,57,58,59,60,61,62,63,64,65,66)/p-1. The highest BCUT2D eigenvalue weighted by Gasteiger charge is 2.42. The number of hydrogen-bond acceptors (Lipinski definition) is 10. The number of aliphatic carboxylic acids is 2. The molecule has 7 rings (SSSR count). The van der Waals surface area contributed by atoms with Gasteiger partial charge in [-0.3, -0.25) is 9.59 Å². The van der Waals surface area contributed by atoms with Crippen LogP contribution in [0.2, 0.25) is 0 Å².